The highest BCUT2D eigenvalue weighted by molar-refractivity contribution is 5.81. The lowest BCUT2D eigenvalue weighted by atomic mass is 9.62. The predicted molar refractivity (Wildman–Crippen MR) is 218 cm³/mol. The fourth-order valence-electron chi connectivity index (χ4n) is 6.34. The second-order valence-electron chi connectivity index (χ2n) is 14.6. The van der Waals surface area contributed by atoms with E-state index in [1.807, 2.05) is 26.0 Å². The average molecular weight is 791 g/mol. The molecule has 4 unspecified atom stereocenters. The van der Waals surface area contributed by atoms with Crippen LogP contribution in [0, 0.1) is 65.1 Å². The molecule has 0 spiro atoms. The summed E-state index contributed by atoms with van der Waals surface area (Å²) in [5.41, 5.74) is 1.08. The van der Waals surface area contributed by atoms with Gasteiger partial charge in [0.15, 0.2) is 12.2 Å². The van der Waals surface area contributed by atoms with Gasteiger partial charge in [-0.1, -0.05) is 63.5 Å². The van der Waals surface area contributed by atoms with E-state index in [-0.39, 0.29) is 44.4 Å². The van der Waals surface area contributed by atoms with Gasteiger partial charge in [-0.25, -0.2) is 19.2 Å². The number of amides is 2. The van der Waals surface area contributed by atoms with Gasteiger partial charge >= 0.3 is 24.1 Å². The summed E-state index contributed by atoms with van der Waals surface area (Å²) in [4.78, 5) is 49.9. The molecule has 0 radical (unpaired) electrons. The molecule has 12 nitrogen and oxygen atoms in total. The summed E-state index contributed by atoms with van der Waals surface area (Å²) < 4.78 is 33.3. The van der Waals surface area contributed by atoms with E-state index in [0.29, 0.717) is 29.9 Å². The van der Waals surface area contributed by atoms with E-state index < -0.39 is 41.7 Å². The van der Waals surface area contributed by atoms with Gasteiger partial charge in [-0.05, 0) is 116 Å². The van der Waals surface area contributed by atoms with Gasteiger partial charge in [0, 0.05) is 30.3 Å². The van der Waals surface area contributed by atoms with Crippen LogP contribution in [0.4, 0.5) is 9.59 Å². The van der Waals surface area contributed by atoms with E-state index in [0.717, 1.165) is 24.1 Å². The highest BCUT2D eigenvalue weighted by atomic mass is 16.6. The first-order valence-corrected chi connectivity index (χ1v) is 18.6. The maximum absolute atomic E-state index is 13.3. The largest absolute Gasteiger partial charge is 0.490 e. The zero-order valence-corrected chi connectivity index (χ0v) is 33.7. The van der Waals surface area contributed by atoms with Gasteiger partial charge in [0.1, 0.15) is 37.9 Å². The molecule has 4 atom stereocenters. The van der Waals surface area contributed by atoms with Crippen LogP contribution in [-0.2, 0) is 28.5 Å². The molecule has 0 heterocycles. The Bertz CT molecular complexity index is 2010. The molecule has 0 aromatic heterocycles. The molecule has 1 saturated carbocycles. The number of aryl methyl sites for hydroxylation is 1. The molecule has 0 bridgehead atoms. The first-order valence-electron chi connectivity index (χ1n) is 18.6. The number of ether oxygens (including phenoxy) is 6. The molecule has 0 saturated heterocycles. The average Bonchev–Trinajstić information content (AvgIpc) is 3.18. The molecular formula is C46H50N2O10. The van der Waals surface area contributed by atoms with Crippen molar-refractivity contribution in [1.82, 2.24) is 10.6 Å². The Morgan fingerprint density at radius 2 is 1.26 bits per heavy atom. The molecule has 2 N–H and O–H groups in total. The molecule has 1 aliphatic rings. The standard InChI is InChI=1S/C46H50N2O10/c1-8-11-12-13-14-15-16-17-35-20-24-38(25-21-35)54-29-40(31-56-42(50)10-3)58-44(52)48-36-26-45(5,6)32-46(7,27-36)33-47-43(51)57-39(30-55-41(49)9-2)28-53-37-22-18-34(4)19-23-37/h9-10,18-25,36,39-40H,2-3,26-33H2,1,4-7H3,(H,47,51)(H,48,52). The van der Waals surface area contributed by atoms with Crippen molar-refractivity contribution in [1.29, 1.82) is 0 Å². The summed E-state index contributed by atoms with van der Waals surface area (Å²) in [5, 5.41) is 5.81. The van der Waals surface area contributed by atoms with Crippen molar-refractivity contribution in [3.63, 3.8) is 0 Å². The molecule has 3 rings (SSSR count). The zero-order valence-electron chi connectivity index (χ0n) is 33.7. The Morgan fingerprint density at radius 1 is 0.741 bits per heavy atom. The summed E-state index contributed by atoms with van der Waals surface area (Å²) in [6.45, 7) is 16.2. The Labute approximate surface area is 341 Å². The predicted octanol–water partition coefficient (Wildman–Crippen LogP) is 6.07. The van der Waals surface area contributed by atoms with Crippen LogP contribution >= 0.6 is 0 Å². The lowest BCUT2D eigenvalue weighted by Gasteiger charge is -2.46. The summed E-state index contributed by atoms with van der Waals surface area (Å²) >= 11 is 0. The van der Waals surface area contributed by atoms with Crippen molar-refractivity contribution >= 4 is 24.1 Å². The van der Waals surface area contributed by atoms with Gasteiger partial charge in [0.25, 0.3) is 0 Å². The van der Waals surface area contributed by atoms with Crippen molar-refractivity contribution in [2.45, 2.75) is 72.1 Å². The van der Waals surface area contributed by atoms with Crippen LogP contribution in [-0.4, -0.2) is 75.3 Å². The number of esters is 2. The third kappa shape index (κ3) is 17.8. The van der Waals surface area contributed by atoms with Crippen LogP contribution in [0.15, 0.2) is 73.8 Å². The Balaban J connectivity index is 1.58. The van der Waals surface area contributed by atoms with Crippen LogP contribution in [0.25, 0.3) is 0 Å². The normalized spacial score (nSPS) is 16.9. The second-order valence-corrected chi connectivity index (χ2v) is 14.6. The summed E-state index contributed by atoms with van der Waals surface area (Å²) in [7, 11) is 0. The van der Waals surface area contributed by atoms with Crippen LogP contribution in [0.5, 0.6) is 11.5 Å². The quantitative estimate of drug-likeness (QED) is 0.0838. The van der Waals surface area contributed by atoms with E-state index in [4.69, 9.17) is 28.4 Å². The summed E-state index contributed by atoms with van der Waals surface area (Å²) in [6, 6.07) is 13.9. The van der Waals surface area contributed by atoms with Crippen LogP contribution in [0.2, 0.25) is 0 Å². The van der Waals surface area contributed by atoms with Crippen LogP contribution < -0.4 is 20.1 Å². The number of carbonyl (C=O) groups is 4. The highest BCUT2D eigenvalue weighted by Gasteiger charge is 2.42. The smallest absolute Gasteiger partial charge is 0.407 e. The minimum absolute atomic E-state index is 0.0528. The molecular weight excluding hydrogens is 741 g/mol. The molecule has 0 aliphatic heterocycles. The summed E-state index contributed by atoms with van der Waals surface area (Å²) in [6.07, 6.45) is 0.641. The molecule has 1 aliphatic carbocycles. The number of hydrogen-bond acceptors (Lipinski definition) is 10. The number of alkyl carbamates (subject to hydrolysis) is 2. The maximum Gasteiger partial charge on any atom is 0.407 e. The van der Waals surface area contributed by atoms with Crippen molar-refractivity contribution in [3.05, 3.63) is 85.0 Å². The SMILES string of the molecule is C=CC(=O)OCC(COc1ccc(C)cc1)OC(=O)NCC1(C)CC(NC(=O)OC(COC(=O)C=C)COc2ccc(C#CC#CC#CC#CC)cc2)CC(C)(C)C1. The molecule has 304 valence electrons. The molecule has 12 heteroatoms. The topological polar surface area (TPSA) is 148 Å². The van der Waals surface area contributed by atoms with Gasteiger partial charge < -0.3 is 39.1 Å². The van der Waals surface area contributed by atoms with Crippen molar-refractivity contribution < 1.29 is 47.6 Å². The van der Waals surface area contributed by atoms with Gasteiger partial charge in [-0.2, -0.15) is 0 Å². The van der Waals surface area contributed by atoms with E-state index in [1.165, 1.54) is 0 Å². The fraction of sp³-hybridized carbons (Fsp3) is 0.391. The van der Waals surface area contributed by atoms with Crippen molar-refractivity contribution in [2.24, 2.45) is 10.8 Å². The number of benzene rings is 2. The molecule has 1 fully saturated rings. The van der Waals surface area contributed by atoms with E-state index >= 15 is 0 Å². The number of hydrogen-bond donors (Lipinski definition) is 2. The first kappa shape index (κ1) is 45.6. The molecule has 2 aromatic rings. The third-order valence-corrected chi connectivity index (χ3v) is 8.52. The first-order chi connectivity index (χ1) is 27.7. The van der Waals surface area contributed by atoms with Gasteiger partial charge in [-0.3, -0.25) is 0 Å². The lowest BCUT2D eigenvalue weighted by Crippen LogP contribution is -2.51. The van der Waals surface area contributed by atoms with Gasteiger partial charge in [0.05, 0.1) is 0 Å². The Hall–Kier alpha value is -6.76. The minimum atomic E-state index is -0.953. The number of carbonyl (C=O) groups excluding carboxylic acids is 4. The Morgan fingerprint density at radius 3 is 1.81 bits per heavy atom. The Kier molecular flexibility index (Phi) is 18.4. The molecule has 2 aromatic carbocycles. The van der Waals surface area contributed by atoms with Crippen LogP contribution in [0.1, 0.15) is 58.1 Å². The lowest BCUT2D eigenvalue weighted by molar-refractivity contribution is -0.142. The maximum atomic E-state index is 13.3. The number of nitrogens with one attached hydrogen (secondary N) is 2. The van der Waals surface area contributed by atoms with Crippen molar-refractivity contribution in [2.75, 3.05) is 33.0 Å². The molecule has 2 amide bonds. The molecule has 58 heavy (non-hydrogen) atoms. The van der Waals surface area contributed by atoms with Gasteiger partial charge in [0.2, 0.25) is 0 Å². The van der Waals surface area contributed by atoms with Crippen LogP contribution in [0.3, 0.4) is 0 Å². The van der Waals surface area contributed by atoms with Crippen molar-refractivity contribution in [3.8, 4) is 58.9 Å². The van der Waals surface area contributed by atoms with Gasteiger partial charge in [-0.15, -0.1) is 0 Å². The zero-order chi connectivity index (χ0) is 42.4. The summed E-state index contributed by atoms with van der Waals surface area (Å²) in [5.74, 6) is 21.0. The van der Waals surface area contributed by atoms with E-state index in [9.17, 15) is 19.2 Å². The minimum Gasteiger partial charge on any atom is -0.490 e. The van der Waals surface area contributed by atoms with E-state index in [1.54, 1.807) is 43.3 Å². The monoisotopic (exact) mass is 790 g/mol. The number of rotatable bonds is 17. The van der Waals surface area contributed by atoms with E-state index in [2.05, 4.69) is 85.0 Å². The fourth-order valence-corrected chi connectivity index (χ4v) is 6.34. The highest BCUT2D eigenvalue weighted by Crippen LogP contribution is 2.45. The third-order valence-electron chi connectivity index (χ3n) is 8.52. The second kappa shape index (κ2) is 23.3.